The van der Waals surface area contributed by atoms with E-state index in [-0.39, 0.29) is 12.9 Å². The van der Waals surface area contributed by atoms with Crippen LogP contribution in [0.5, 0.6) is 17.2 Å². The molecule has 1 heterocycles. The Labute approximate surface area is 333 Å². The molecule has 0 radical (unpaired) electrons. The molecule has 0 aliphatic carbocycles. The lowest BCUT2D eigenvalue weighted by atomic mass is 9.96. The van der Waals surface area contributed by atoms with Crippen LogP contribution in [0, 0.1) is 0 Å². The lowest BCUT2D eigenvalue weighted by Gasteiger charge is -2.25. The minimum Gasteiger partial charge on any atom is -0.497 e. The van der Waals surface area contributed by atoms with Gasteiger partial charge in [0, 0.05) is 21.3 Å². The van der Waals surface area contributed by atoms with Crippen LogP contribution in [0.25, 0.3) is 0 Å². The van der Waals surface area contributed by atoms with Crippen LogP contribution in [0.4, 0.5) is 0 Å². The molecule has 56 heavy (non-hydrogen) atoms. The molecule has 0 bridgehead atoms. The van der Waals surface area contributed by atoms with E-state index < -0.39 is 44.1 Å². The zero-order valence-electron chi connectivity index (χ0n) is 34.5. The van der Waals surface area contributed by atoms with E-state index >= 15 is 0 Å². The molecule has 0 N–H and O–H groups in total. The van der Waals surface area contributed by atoms with Gasteiger partial charge in [-0.3, -0.25) is 0 Å². The number of rotatable bonds is 22. The second-order valence-electron chi connectivity index (χ2n) is 15.6. The summed E-state index contributed by atoms with van der Waals surface area (Å²) in [5.41, 5.74) is 2.54. The first-order valence-electron chi connectivity index (χ1n) is 19.2. The van der Waals surface area contributed by atoms with Gasteiger partial charge in [0.2, 0.25) is 0 Å². The number of carbonyl (C=O) groups is 2. The molecule has 1 unspecified atom stereocenters. The summed E-state index contributed by atoms with van der Waals surface area (Å²) >= 11 is 0. The Bertz CT molecular complexity index is 1700. The fourth-order valence-electron chi connectivity index (χ4n) is 6.22. The Hall–Kier alpha value is -4.20. The topological polar surface area (TPSA) is 117 Å². The average Bonchev–Trinajstić information content (AvgIpc) is 3.48. The lowest BCUT2D eigenvalue weighted by Crippen LogP contribution is -2.37. The zero-order chi connectivity index (χ0) is 40.7. The fraction of sp³-hybridized carbons (Fsp3) is 0.500. The van der Waals surface area contributed by atoms with Crippen molar-refractivity contribution >= 4 is 20.0 Å². The summed E-state index contributed by atoms with van der Waals surface area (Å²) in [5, 5.41) is 0. The first-order chi connectivity index (χ1) is 26.7. The third-order valence-electron chi connectivity index (χ3n) is 9.23. The molecular formula is C44H60O11Si. The quantitative estimate of drug-likeness (QED) is 0.0421. The molecule has 0 spiro atoms. The molecule has 3 aromatic rings. The summed E-state index contributed by atoms with van der Waals surface area (Å²) in [6.45, 7) is 13.1. The van der Waals surface area contributed by atoms with Crippen LogP contribution in [0.2, 0.25) is 25.7 Å². The van der Waals surface area contributed by atoms with Crippen LogP contribution in [-0.2, 0) is 41.4 Å². The highest BCUT2D eigenvalue weighted by Gasteiger charge is 2.45. The van der Waals surface area contributed by atoms with Crippen molar-refractivity contribution < 1.29 is 52.2 Å². The molecule has 1 aliphatic rings. The van der Waals surface area contributed by atoms with Gasteiger partial charge in [-0.05, 0) is 100 Å². The summed E-state index contributed by atoms with van der Waals surface area (Å²) in [6, 6.07) is 21.0. The number of aryl methyl sites for hydroxylation is 1. The maximum absolute atomic E-state index is 13.6. The van der Waals surface area contributed by atoms with Crippen molar-refractivity contribution in [3.8, 4) is 17.2 Å². The van der Waals surface area contributed by atoms with Crippen molar-refractivity contribution in [3.63, 3.8) is 0 Å². The van der Waals surface area contributed by atoms with E-state index in [9.17, 15) is 9.59 Å². The molecule has 1 aliphatic heterocycles. The minimum absolute atomic E-state index is 0.0456. The second-order valence-corrected chi connectivity index (χ2v) is 21.2. The van der Waals surface area contributed by atoms with Gasteiger partial charge in [-0.2, -0.15) is 0 Å². The van der Waals surface area contributed by atoms with Gasteiger partial charge in [0.05, 0.1) is 45.2 Å². The number of ether oxygens (including phenoxy) is 9. The largest absolute Gasteiger partial charge is 0.497 e. The summed E-state index contributed by atoms with van der Waals surface area (Å²) in [5.74, 6) is -0.180. The van der Waals surface area contributed by atoms with E-state index in [4.69, 9.17) is 42.6 Å². The van der Waals surface area contributed by atoms with E-state index in [1.165, 1.54) is 7.11 Å². The minimum atomic E-state index is -1.44. The van der Waals surface area contributed by atoms with Crippen molar-refractivity contribution in [3.05, 3.63) is 101 Å². The number of hydrogen-bond acceptors (Lipinski definition) is 11. The number of methoxy groups -OCH3 is 3. The Morgan fingerprint density at radius 2 is 1.62 bits per heavy atom. The normalized spacial score (nSPS) is 17.7. The van der Waals surface area contributed by atoms with Gasteiger partial charge in [-0.1, -0.05) is 56.0 Å². The molecular weight excluding hydrogens is 733 g/mol. The van der Waals surface area contributed by atoms with Crippen molar-refractivity contribution in [2.45, 2.75) is 109 Å². The highest BCUT2D eigenvalue weighted by molar-refractivity contribution is 6.76. The van der Waals surface area contributed by atoms with Gasteiger partial charge in [0.25, 0.3) is 0 Å². The van der Waals surface area contributed by atoms with Crippen LogP contribution in [0.3, 0.4) is 0 Å². The summed E-state index contributed by atoms with van der Waals surface area (Å²) in [7, 11) is 3.29. The maximum Gasteiger partial charge on any atom is 0.342 e. The molecule has 1 saturated heterocycles. The first-order valence-corrected chi connectivity index (χ1v) is 22.9. The Kier molecular flexibility index (Phi) is 17.0. The fourth-order valence-corrected chi connectivity index (χ4v) is 6.94. The molecule has 3 aromatic carbocycles. The third kappa shape index (κ3) is 14.1. The lowest BCUT2D eigenvalue weighted by molar-refractivity contribution is -0.153. The summed E-state index contributed by atoms with van der Waals surface area (Å²) in [4.78, 5) is 27.0. The van der Waals surface area contributed by atoms with Gasteiger partial charge in [-0.25, -0.2) is 9.59 Å². The second kappa shape index (κ2) is 21.4. The van der Waals surface area contributed by atoms with Crippen molar-refractivity contribution in [1.29, 1.82) is 0 Å². The smallest absolute Gasteiger partial charge is 0.342 e. The molecule has 1 fully saturated rings. The van der Waals surface area contributed by atoms with Crippen molar-refractivity contribution in [1.82, 2.24) is 0 Å². The summed E-state index contributed by atoms with van der Waals surface area (Å²) in [6.07, 6.45) is 4.13. The van der Waals surface area contributed by atoms with E-state index in [0.29, 0.717) is 61.5 Å². The Morgan fingerprint density at radius 1 is 0.911 bits per heavy atom. The maximum atomic E-state index is 13.6. The molecule has 306 valence electrons. The molecule has 4 atom stereocenters. The predicted octanol–water partition coefficient (Wildman–Crippen LogP) is 8.80. The number of esters is 2. The van der Waals surface area contributed by atoms with E-state index in [1.54, 1.807) is 44.6 Å². The SMILES string of the molecule is COCOc1cc(OC)cc(CCC[C@@H]2OC(C)(C)O[C@@H]2C(/C=C\C[C@H](C)OCc2ccc(OC)cc2)OC(=O)c2ccccc2)c1C(=O)OCC[Si](C)(C)C. The van der Waals surface area contributed by atoms with Gasteiger partial charge in [0.1, 0.15) is 35.0 Å². The number of carbonyl (C=O) groups excluding carboxylic acids is 2. The van der Waals surface area contributed by atoms with Crippen molar-refractivity contribution in [2.24, 2.45) is 0 Å². The van der Waals surface area contributed by atoms with E-state index in [1.807, 2.05) is 69.3 Å². The predicted molar refractivity (Wildman–Crippen MR) is 217 cm³/mol. The zero-order valence-corrected chi connectivity index (χ0v) is 35.5. The van der Waals surface area contributed by atoms with Gasteiger partial charge < -0.3 is 42.6 Å². The number of hydrogen-bond donors (Lipinski definition) is 0. The third-order valence-corrected chi connectivity index (χ3v) is 10.9. The van der Waals surface area contributed by atoms with Crippen LogP contribution < -0.4 is 14.2 Å². The average molecular weight is 793 g/mol. The van der Waals surface area contributed by atoms with Gasteiger partial charge in [-0.15, -0.1) is 0 Å². The van der Waals surface area contributed by atoms with E-state index in [0.717, 1.165) is 22.9 Å². The Morgan fingerprint density at radius 3 is 2.29 bits per heavy atom. The number of benzene rings is 3. The monoisotopic (exact) mass is 792 g/mol. The first kappa shape index (κ1) is 44.5. The molecule has 0 aromatic heterocycles. The van der Waals surface area contributed by atoms with Crippen LogP contribution in [-0.4, -0.2) is 84.9 Å². The van der Waals surface area contributed by atoms with Crippen LogP contribution >= 0.6 is 0 Å². The standard InChI is InChI=1S/C44H60O11Si/c1-31(51-29-32-21-23-35(48-5)24-22-32)15-13-19-37(53-42(45)33-16-11-10-12-17-33)41-38(54-44(2,3)55-41)20-14-18-34-27-36(49-6)28-39(52-30-47-4)40(34)43(46)50-25-26-56(7,8)9/h10-13,16-17,19,21-24,27-28,31,37-38,41H,14-15,18,20,25-26,29-30H2,1-9H3/b19-13-/t31-,37?,38-,41+/m0/s1. The van der Waals surface area contributed by atoms with E-state index in [2.05, 4.69) is 19.6 Å². The molecule has 0 amide bonds. The van der Waals surface area contributed by atoms with Gasteiger partial charge in [0.15, 0.2) is 12.6 Å². The molecule has 4 rings (SSSR count). The molecule has 11 nitrogen and oxygen atoms in total. The summed E-state index contributed by atoms with van der Waals surface area (Å²) < 4.78 is 52.8. The highest BCUT2D eigenvalue weighted by Crippen LogP contribution is 2.36. The van der Waals surface area contributed by atoms with Gasteiger partial charge >= 0.3 is 11.9 Å². The molecule has 12 heteroatoms. The van der Waals surface area contributed by atoms with Crippen molar-refractivity contribution in [2.75, 3.05) is 34.7 Å². The van der Waals surface area contributed by atoms with Crippen LogP contribution in [0.1, 0.15) is 71.9 Å². The Balaban J connectivity index is 1.52. The van der Waals surface area contributed by atoms with Crippen LogP contribution in [0.15, 0.2) is 78.9 Å². The molecule has 0 saturated carbocycles. The highest BCUT2D eigenvalue weighted by atomic mass is 28.3.